The minimum absolute atomic E-state index is 0.0953. The van der Waals surface area contributed by atoms with Crippen LogP contribution in [0.3, 0.4) is 0 Å². The smallest absolute Gasteiger partial charge is 0.306 e. The lowest BCUT2D eigenvalue weighted by Crippen LogP contribution is -2.30. The van der Waals surface area contributed by atoms with Crippen LogP contribution in [0.5, 0.6) is 0 Å². The Morgan fingerprint density at radius 1 is 0.362 bits per heavy atom. The molecular weight excluding hydrogens is 721 g/mol. The van der Waals surface area contributed by atoms with Gasteiger partial charge in [-0.3, -0.25) is 14.4 Å². The molecule has 0 aromatic carbocycles. The van der Waals surface area contributed by atoms with Crippen molar-refractivity contribution in [2.24, 2.45) is 0 Å². The molecule has 0 fully saturated rings. The van der Waals surface area contributed by atoms with E-state index >= 15 is 0 Å². The van der Waals surface area contributed by atoms with Gasteiger partial charge >= 0.3 is 17.9 Å². The van der Waals surface area contributed by atoms with E-state index in [0.717, 1.165) is 89.9 Å². The average molecular weight is 809 g/mol. The summed E-state index contributed by atoms with van der Waals surface area (Å²) in [7, 11) is 0. The molecule has 0 N–H and O–H groups in total. The van der Waals surface area contributed by atoms with Crippen molar-refractivity contribution in [2.45, 2.75) is 226 Å². The van der Waals surface area contributed by atoms with Crippen LogP contribution in [-0.4, -0.2) is 37.2 Å². The average Bonchev–Trinajstić information content (AvgIpc) is 3.22. The van der Waals surface area contributed by atoms with Crippen molar-refractivity contribution in [2.75, 3.05) is 13.2 Å². The zero-order valence-corrected chi connectivity index (χ0v) is 37.8. The van der Waals surface area contributed by atoms with Gasteiger partial charge in [0.1, 0.15) is 13.2 Å². The predicted molar refractivity (Wildman–Crippen MR) is 247 cm³/mol. The summed E-state index contributed by atoms with van der Waals surface area (Å²) in [6, 6.07) is 0. The van der Waals surface area contributed by atoms with E-state index in [-0.39, 0.29) is 37.5 Å². The lowest BCUT2D eigenvalue weighted by atomic mass is 10.0. The van der Waals surface area contributed by atoms with Gasteiger partial charge in [-0.15, -0.1) is 0 Å². The van der Waals surface area contributed by atoms with Crippen molar-refractivity contribution in [3.8, 4) is 0 Å². The highest BCUT2D eigenvalue weighted by Crippen LogP contribution is 2.14. The summed E-state index contributed by atoms with van der Waals surface area (Å²) >= 11 is 0. The minimum atomic E-state index is -0.798. The van der Waals surface area contributed by atoms with Crippen molar-refractivity contribution < 1.29 is 28.6 Å². The van der Waals surface area contributed by atoms with E-state index in [2.05, 4.69) is 93.7 Å². The predicted octanol–water partition coefficient (Wildman–Crippen LogP) is 15.5. The van der Waals surface area contributed by atoms with Crippen LogP contribution >= 0.6 is 0 Å². The summed E-state index contributed by atoms with van der Waals surface area (Å²) in [6.07, 6.45) is 57.4. The molecule has 0 spiro atoms. The van der Waals surface area contributed by atoms with Gasteiger partial charge in [-0.05, 0) is 77.0 Å². The summed E-state index contributed by atoms with van der Waals surface area (Å²) in [5.41, 5.74) is 0. The van der Waals surface area contributed by atoms with Gasteiger partial charge in [-0.25, -0.2) is 0 Å². The third kappa shape index (κ3) is 44.0. The Labute approximate surface area is 357 Å². The fraction of sp³-hybridized carbons (Fsp3) is 0.712. The maximum atomic E-state index is 12.7. The van der Waals surface area contributed by atoms with Crippen molar-refractivity contribution >= 4 is 17.9 Å². The summed E-state index contributed by atoms with van der Waals surface area (Å²) < 4.78 is 16.7. The standard InChI is InChI=1S/C52H88O6/c1-4-7-10-13-16-19-22-24-25-26-27-28-31-33-36-39-42-45-51(54)57-48-49(58-52(55)46-43-40-37-34-29-21-18-15-12-9-6-3)47-56-50(53)44-41-38-35-32-30-23-20-17-14-11-8-5-2/h7,10,15-16,18-19,24-25,27-28,33,36,49H,4-6,8-9,11-14,17,20-23,26,29-32,34-35,37-48H2,1-3H3/b10-7-,18-15-,19-16-,25-24-,28-27-,36-33-/t49-/m0/s1. The first kappa shape index (κ1) is 54.9. The van der Waals surface area contributed by atoms with Crippen LogP contribution in [0.4, 0.5) is 0 Å². The topological polar surface area (TPSA) is 78.9 Å². The maximum absolute atomic E-state index is 12.7. The van der Waals surface area contributed by atoms with Crippen LogP contribution in [0.25, 0.3) is 0 Å². The molecule has 0 saturated carbocycles. The second kappa shape index (κ2) is 46.5. The zero-order chi connectivity index (χ0) is 42.3. The lowest BCUT2D eigenvalue weighted by Gasteiger charge is -2.18. The number of hydrogen-bond acceptors (Lipinski definition) is 6. The normalized spacial score (nSPS) is 12.7. The lowest BCUT2D eigenvalue weighted by molar-refractivity contribution is -0.167. The Hall–Kier alpha value is -3.15. The van der Waals surface area contributed by atoms with Gasteiger partial charge in [0.15, 0.2) is 6.10 Å². The van der Waals surface area contributed by atoms with Gasteiger partial charge in [-0.2, -0.15) is 0 Å². The summed E-state index contributed by atoms with van der Waals surface area (Å²) in [5, 5.41) is 0. The molecule has 0 unspecified atom stereocenters. The van der Waals surface area contributed by atoms with Crippen LogP contribution in [0, 0.1) is 0 Å². The molecule has 58 heavy (non-hydrogen) atoms. The molecular formula is C52H88O6. The number of carbonyl (C=O) groups excluding carboxylic acids is 3. The van der Waals surface area contributed by atoms with E-state index in [0.29, 0.717) is 19.3 Å². The maximum Gasteiger partial charge on any atom is 0.306 e. The van der Waals surface area contributed by atoms with Gasteiger partial charge in [0.05, 0.1) is 0 Å². The van der Waals surface area contributed by atoms with E-state index in [1.807, 2.05) is 0 Å². The Morgan fingerprint density at radius 2 is 0.707 bits per heavy atom. The third-order valence-corrected chi connectivity index (χ3v) is 9.95. The number of allylic oxidation sites excluding steroid dienone is 12. The highest BCUT2D eigenvalue weighted by Gasteiger charge is 2.19. The first-order chi connectivity index (χ1) is 28.5. The van der Waals surface area contributed by atoms with Crippen LogP contribution in [0.1, 0.15) is 220 Å². The van der Waals surface area contributed by atoms with Crippen LogP contribution in [0.2, 0.25) is 0 Å². The van der Waals surface area contributed by atoms with E-state index in [4.69, 9.17) is 14.2 Å². The largest absolute Gasteiger partial charge is 0.462 e. The van der Waals surface area contributed by atoms with Gasteiger partial charge in [0, 0.05) is 19.3 Å². The molecule has 0 saturated heterocycles. The Balaban J connectivity index is 4.46. The summed E-state index contributed by atoms with van der Waals surface area (Å²) in [5.74, 6) is -0.969. The molecule has 0 aromatic heterocycles. The SMILES string of the molecule is CC/C=C\C/C=C\C/C=C\C/C=C\C/C=C\CCCC(=O)OC[C@H](COC(=O)CCCCCCCCCCCCCC)OC(=O)CCCCCCC/C=C\CCCC. The summed E-state index contributed by atoms with van der Waals surface area (Å²) in [6.45, 7) is 6.41. The third-order valence-electron chi connectivity index (χ3n) is 9.95. The fourth-order valence-electron chi connectivity index (χ4n) is 6.34. The fourth-order valence-corrected chi connectivity index (χ4v) is 6.34. The zero-order valence-electron chi connectivity index (χ0n) is 37.8. The van der Waals surface area contributed by atoms with E-state index < -0.39 is 6.10 Å². The Kier molecular flexibility index (Phi) is 44.0. The van der Waals surface area contributed by atoms with Crippen LogP contribution in [-0.2, 0) is 28.6 Å². The van der Waals surface area contributed by atoms with Crippen molar-refractivity contribution in [3.05, 3.63) is 72.9 Å². The first-order valence-corrected chi connectivity index (χ1v) is 23.9. The highest BCUT2D eigenvalue weighted by atomic mass is 16.6. The molecule has 6 nitrogen and oxygen atoms in total. The number of esters is 3. The molecule has 0 bridgehead atoms. The first-order valence-electron chi connectivity index (χ1n) is 23.9. The molecule has 332 valence electrons. The number of carbonyl (C=O) groups is 3. The number of hydrogen-bond donors (Lipinski definition) is 0. The minimum Gasteiger partial charge on any atom is -0.462 e. The molecule has 1 atom stereocenters. The molecule has 0 radical (unpaired) electrons. The second-order valence-electron chi connectivity index (χ2n) is 15.6. The Morgan fingerprint density at radius 3 is 1.19 bits per heavy atom. The van der Waals surface area contributed by atoms with Gasteiger partial charge in [0.25, 0.3) is 0 Å². The van der Waals surface area contributed by atoms with Gasteiger partial charge in [0.2, 0.25) is 0 Å². The second-order valence-corrected chi connectivity index (χ2v) is 15.6. The Bertz CT molecular complexity index is 1110. The molecule has 0 heterocycles. The molecule has 6 heteroatoms. The van der Waals surface area contributed by atoms with Crippen molar-refractivity contribution in [1.82, 2.24) is 0 Å². The number of rotatable bonds is 42. The van der Waals surface area contributed by atoms with Crippen LogP contribution in [0.15, 0.2) is 72.9 Å². The van der Waals surface area contributed by atoms with Gasteiger partial charge in [-0.1, -0.05) is 196 Å². The molecule has 0 aromatic rings. The molecule has 0 aliphatic rings. The monoisotopic (exact) mass is 809 g/mol. The van der Waals surface area contributed by atoms with E-state index in [9.17, 15) is 14.4 Å². The van der Waals surface area contributed by atoms with Crippen molar-refractivity contribution in [3.63, 3.8) is 0 Å². The number of unbranched alkanes of at least 4 members (excludes halogenated alkanes) is 19. The van der Waals surface area contributed by atoms with E-state index in [1.165, 1.54) is 83.5 Å². The molecule has 0 aliphatic heterocycles. The molecule has 0 aliphatic carbocycles. The highest BCUT2D eigenvalue weighted by molar-refractivity contribution is 5.71. The molecule has 0 amide bonds. The van der Waals surface area contributed by atoms with Crippen LogP contribution < -0.4 is 0 Å². The van der Waals surface area contributed by atoms with E-state index in [1.54, 1.807) is 0 Å². The summed E-state index contributed by atoms with van der Waals surface area (Å²) in [4.78, 5) is 37.8. The van der Waals surface area contributed by atoms with Crippen molar-refractivity contribution in [1.29, 1.82) is 0 Å². The quantitative estimate of drug-likeness (QED) is 0.0264. The number of ether oxygens (including phenoxy) is 3. The molecule has 0 rings (SSSR count). The van der Waals surface area contributed by atoms with Gasteiger partial charge < -0.3 is 14.2 Å².